The Morgan fingerprint density at radius 1 is 0.778 bits per heavy atom. The SMILES string of the molecule is COc1ccc(OC)c(P2CCC(=O)C(C)(C)C2(C)C)c1-c1c(C(C)C)cc(C(C)C)cc1C(C)C. The molecule has 0 bridgehead atoms. The molecule has 1 unspecified atom stereocenters. The van der Waals surface area contributed by atoms with Gasteiger partial charge in [-0.3, -0.25) is 4.79 Å². The minimum Gasteiger partial charge on any atom is -0.496 e. The summed E-state index contributed by atoms with van der Waals surface area (Å²) in [7, 11) is 2.82. The van der Waals surface area contributed by atoms with E-state index in [1.165, 1.54) is 33.1 Å². The molecule has 0 aromatic heterocycles. The molecule has 198 valence electrons. The lowest BCUT2D eigenvalue weighted by molar-refractivity contribution is -0.128. The van der Waals surface area contributed by atoms with E-state index in [1.54, 1.807) is 14.2 Å². The van der Waals surface area contributed by atoms with Crippen LogP contribution in [0.4, 0.5) is 0 Å². The van der Waals surface area contributed by atoms with Gasteiger partial charge in [0.25, 0.3) is 0 Å². The van der Waals surface area contributed by atoms with E-state index in [0.717, 1.165) is 17.7 Å². The Labute approximate surface area is 221 Å². The van der Waals surface area contributed by atoms with Gasteiger partial charge < -0.3 is 9.47 Å². The zero-order chi connectivity index (χ0) is 27.2. The molecule has 0 N–H and O–H groups in total. The molecule has 2 aromatic rings. The van der Waals surface area contributed by atoms with Gasteiger partial charge in [0.15, 0.2) is 0 Å². The van der Waals surface area contributed by atoms with Gasteiger partial charge in [-0.05, 0) is 58.3 Å². The van der Waals surface area contributed by atoms with E-state index >= 15 is 0 Å². The van der Waals surface area contributed by atoms with E-state index in [9.17, 15) is 4.79 Å². The van der Waals surface area contributed by atoms with Gasteiger partial charge in [-0.15, -0.1) is 0 Å². The highest BCUT2D eigenvalue weighted by molar-refractivity contribution is 7.68. The molecular weight excluding hydrogens is 463 g/mol. The summed E-state index contributed by atoms with van der Waals surface area (Å²) in [5.74, 6) is 3.32. The molecule has 0 amide bonds. The van der Waals surface area contributed by atoms with Crippen molar-refractivity contribution in [1.82, 2.24) is 0 Å². The maximum Gasteiger partial charge on any atom is 0.139 e. The third-order valence-electron chi connectivity index (χ3n) is 8.66. The molecule has 0 saturated carbocycles. The molecule has 1 heterocycles. The first-order valence-electron chi connectivity index (χ1n) is 13.4. The average Bonchev–Trinajstić information content (AvgIpc) is 2.81. The van der Waals surface area contributed by atoms with Crippen molar-refractivity contribution in [3.63, 3.8) is 0 Å². The minimum absolute atomic E-state index is 0.195. The van der Waals surface area contributed by atoms with Gasteiger partial charge in [-0.25, -0.2) is 0 Å². The van der Waals surface area contributed by atoms with Crippen molar-refractivity contribution in [2.45, 2.75) is 98.6 Å². The van der Waals surface area contributed by atoms with E-state index in [0.29, 0.717) is 30.0 Å². The topological polar surface area (TPSA) is 35.5 Å². The van der Waals surface area contributed by atoms with E-state index in [2.05, 4.69) is 93.5 Å². The molecule has 3 nitrogen and oxygen atoms in total. The van der Waals surface area contributed by atoms with E-state index in [4.69, 9.17) is 9.47 Å². The Balaban J connectivity index is 2.52. The van der Waals surface area contributed by atoms with Crippen LogP contribution in [0, 0.1) is 5.41 Å². The predicted molar refractivity (Wildman–Crippen MR) is 156 cm³/mol. The molecule has 1 atom stereocenters. The van der Waals surface area contributed by atoms with Crippen LogP contribution in [0.15, 0.2) is 24.3 Å². The Kier molecular flexibility index (Phi) is 8.36. The number of ketones is 1. The molecule has 4 heteroatoms. The van der Waals surface area contributed by atoms with E-state index in [1.807, 2.05) is 0 Å². The molecule has 0 radical (unpaired) electrons. The van der Waals surface area contributed by atoms with Crippen LogP contribution in [-0.4, -0.2) is 31.3 Å². The number of ether oxygens (including phenoxy) is 2. The number of benzene rings is 2. The molecule has 36 heavy (non-hydrogen) atoms. The fourth-order valence-electron chi connectivity index (χ4n) is 5.52. The van der Waals surface area contributed by atoms with Crippen molar-refractivity contribution >= 4 is 19.0 Å². The number of carbonyl (C=O) groups is 1. The first-order chi connectivity index (χ1) is 16.7. The van der Waals surface area contributed by atoms with Gasteiger partial charge in [-0.2, -0.15) is 0 Å². The van der Waals surface area contributed by atoms with Crippen LogP contribution in [0.1, 0.15) is 110 Å². The van der Waals surface area contributed by atoms with Crippen LogP contribution in [0.5, 0.6) is 11.5 Å². The zero-order valence-electron chi connectivity index (χ0n) is 24.6. The quantitative estimate of drug-likeness (QED) is 0.350. The van der Waals surface area contributed by atoms with Crippen LogP contribution in [0.25, 0.3) is 11.1 Å². The first-order valence-corrected chi connectivity index (χ1v) is 15.0. The zero-order valence-corrected chi connectivity index (χ0v) is 25.5. The highest BCUT2D eigenvalue weighted by atomic mass is 31.1. The predicted octanol–water partition coefficient (Wildman–Crippen LogP) is 8.63. The summed E-state index contributed by atoms with van der Waals surface area (Å²) < 4.78 is 12.2. The lowest BCUT2D eigenvalue weighted by Gasteiger charge is -2.51. The van der Waals surface area contributed by atoms with Crippen LogP contribution >= 0.6 is 7.92 Å². The van der Waals surface area contributed by atoms with Gasteiger partial charge in [0, 0.05) is 27.9 Å². The lowest BCUT2D eigenvalue weighted by Crippen LogP contribution is -2.49. The first kappa shape index (κ1) is 28.7. The fourth-order valence-corrected chi connectivity index (χ4v) is 9.01. The second kappa shape index (κ2) is 10.5. The minimum atomic E-state index is -0.727. The van der Waals surface area contributed by atoms with Crippen LogP contribution in [0.3, 0.4) is 0 Å². The maximum atomic E-state index is 13.1. The fraction of sp³-hybridized carbons (Fsp3) is 0.594. The largest absolute Gasteiger partial charge is 0.496 e. The Bertz CT molecular complexity index is 1100. The Morgan fingerprint density at radius 2 is 1.28 bits per heavy atom. The van der Waals surface area contributed by atoms with E-state index < -0.39 is 13.3 Å². The smallest absolute Gasteiger partial charge is 0.139 e. The van der Waals surface area contributed by atoms with Crippen molar-refractivity contribution in [3.8, 4) is 22.6 Å². The summed E-state index contributed by atoms with van der Waals surface area (Å²) in [4.78, 5) is 13.1. The normalized spacial score (nSPS) is 19.3. The summed E-state index contributed by atoms with van der Waals surface area (Å²) in [6, 6.07) is 8.94. The van der Waals surface area contributed by atoms with Gasteiger partial charge in [0.1, 0.15) is 17.3 Å². The molecular formula is C32H47O3P. The molecule has 0 spiro atoms. The number of hydrogen-bond acceptors (Lipinski definition) is 3. The van der Waals surface area contributed by atoms with Gasteiger partial charge in [0.05, 0.1) is 14.2 Å². The van der Waals surface area contributed by atoms with Crippen LogP contribution in [-0.2, 0) is 4.79 Å². The summed E-state index contributed by atoms with van der Waals surface area (Å²) in [5.41, 5.74) is 6.15. The molecule has 2 aromatic carbocycles. The summed E-state index contributed by atoms with van der Waals surface area (Å²) in [6.45, 7) is 22.5. The molecule has 3 rings (SSSR count). The molecule has 1 aliphatic rings. The standard InChI is InChI=1S/C32H47O3P/c1-19(2)22-17-23(20(3)4)28(24(18-22)21(5)6)29-25(34-11)13-14-26(35-12)30(29)36-16-15-27(33)31(7,8)32(36,9)10/h13-14,17-21H,15-16H2,1-12H3. The molecule has 1 aliphatic heterocycles. The molecule has 1 saturated heterocycles. The van der Waals surface area contributed by atoms with Crippen molar-refractivity contribution in [2.24, 2.45) is 5.41 Å². The van der Waals surface area contributed by atoms with E-state index in [-0.39, 0.29) is 5.16 Å². The number of carbonyl (C=O) groups excluding carboxylic acids is 1. The van der Waals surface area contributed by atoms with Crippen LogP contribution < -0.4 is 14.8 Å². The number of hydrogen-bond donors (Lipinski definition) is 0. The highest BCUT2D eigenvalue weighted by Gasteiger charge is 2.52. The Morgan fingerprint density at radius 3 is 1.72 bits per heavy atom. The van der Waals surface area contributed by atoms with Crippen LogP contribution in [0.2, 0.25) is 0 Å². The second-order valence-electron chi connectivity index (χ2n) is 12.2. The lowest BCUT2D eigenvalue weighted by atomic mass is 9.75. The van der Waals surface area contributed by atoms with Crippen molar-refractivity contribution < 1.29 is 14.3 Å². The Hall–Kier alpha value is -1.86. The van der Waals surface area contributed by atoms with Gasteiger partial charge >= 0.3 is 0 Å². The van der Waals surface area contributed by atoms with Crippen molar-refractivity contribution in [2.75, 3.05) is 20.4 Å². The number of rotatable bonds is 7. The third kappa shape index (κ3) is 4.73. The monoisotopic (exact) mass is 510 g/mol. The summed E-state index contributed by atoms with van der Waals surface area (Å²) in [5, 5.41) is 1.05. The average molecular weight is 511 g/mol. The van der Waals surface area contributed by atoms with Crippen molar-refractivity contribution in [1.29, 1.82) is 0 Å². The van der Waals surface area contributed by atoms with Gasteiger partial charge in [-0.1, -0.05) is 89.3 Å². The molecule has 0 aliphatic carbocycles. The number of methoxy groups -OCH3 is 2. The second-order valence-corrected chi connectivity index (χ2v) is 15.1. The maximum absolute atomic E-state index is 13.1. The summed E-state index contributed by atoms with van der Waals surface area (Å²) in [6.07, 6.45) is 1.49. The third-order valence-corrected chi connectivity index (χ3v) is 12.2. The summed E-state index contributed by atoms with van der Waals surface area (Å²) >= 11 is 0. The molecule has 1 fully saturated rings. The highest BCUT2D eigenvalue weighted by Crippen LogP contribution is 2.64. The number of Topliss-reactive ketones (excluding diaryl/α,β-unsaturated/α-hetero) is 1. The van der Waals surface area contributed by atoms with Gasteiger partial charge in [0.2, 0.25) is 0 Å². The van der Waals surface area contributed by atoms with Crippen molar-refractivity contribution in [3.05, 3.63) is 41.0 Å².